The van der Waals surface area contributed by atoms with Crippen molar-refractivity contribution in [1.82, 2.24) is 0 Å². The van der Waals surface area contributed by atoms with Crippen molar-refractivity contribution in [2.45, 2.75) is 77.6 Å². The van der Waals surface area contributed by atoms with E-state index in [4.69, 9.17) is 18.9 Å². The van der Waals surface area contributed by atoms with Crippen molar-refractivity contribution < 1.29 is 18.9 Å². The lowest BCUT2D eigenvalue weighted by Crippen LogP contribution is -2.45. The molecule has 4 aliphatic rings. The van der Waals surface area contributed by atoms with Crippen LogP contribution in [-0.4, -0.2) is 39.5 Å². The number of fused-ring (bicyclic) bond motifs is 12. The van der Waals surface area contributed by atoms with Crippen molar-refractivity contribution in [3.8, 4) is 39.5 Å². The zero-order valence-electron chi connectivity index (χ0n) is 35.7. The number of ether oxygens (including phenoxy) is 4. The highest BCUT2D eigenvalue weighted by Crippen LogP contribution is 2.69. The second-order valence-corrected chi connectivity index (χ2v) is 18.8. The fourth-order valence-corrected chi connectivity index (χ4v) is 11.3. The van der Waals surface area contributed by atoms with E-state index in [0.717, 1.165) is 59.1 Å². The zero-order valence-corrected chi connectivity index (χ0v) is 35.7. The molecule has 2 aliphatic carbocycles. The molecule has 10 rings (SSSR count). The highest BCUT2D eigenvalue weighted by Gasteiger charge is 2.59. The minimum atomic E-state index is -0.908. The molecule has 1 saturated heterocycles. The van der Waals surface area contributed by atoms with E-state index < -0.39 is 5.60 Å². The van der Waals surface area contributed by atoms with E-state index >= 15 is 0 Å². The number of anilines is 1. The first-order valence-corrected chi connectivity index (χ1v) is 21.3. The molecule has 0 bridgehead atoms. The maximum atomic E-state index is 7.87. The Morgan fingerprint density at radius 3 is 1.83 bits per heavy atom. The van der Waals surface area contributed by atoms with Gasteiger partial charge in [0.2, 0.25) is 0 Å². The third-order valence-corrected chi connectivity index (χ3v) is 14.6. The molecule has 0 aromatic heterocycles. The lowest BCUT2D eigenvalue weighted by Gasteiger charge is -2.41. The average molecular weight is 782 g/mol. The summed E-state index contributed by atoms with van der Waals surface area (Å²) in [6.07, 6.45) is 7.06. The fraction of sp³-hybridized carbons (Fsp3) is 0.333. The summed E-state index contributed by atoms with van der Waals surface area (Å²) in [5, 5.41) is 2.10. The van der Waals surface area contributed by atoms with Gasteiger partial charge < -0.3 is 23.8 Å². The lowest BCUT2D eigenvalue weighted by molar-refractivity contribution is -0.00522. The Kier molecular flexibility index (Phi) is 8.64. The summed E-state index contributed by atoms with van der Waals surface area (Å²) in [5.41, 5.74) is 11.1. The minimum Gasteiger partial charge on any atom is -0.493 e. The third-order valence-electron chi connectivity index (χ3n) is 14.6. The number of nitrogens with zero attached hydrogens (tertiary/aromatic N) is 1. The summed E-state index contributed by atoms with van der Waals surface area (Å²) in [4.78, 5) is 2.44. The van der Waals surface area contributed by atoms with Gasteiger partial charge in [-0.05, 0) is 107 Å². The molecule has 2 heterocycles. The number of morpholine rings is 1. The van der Waals surface area contributed by atoms with Gasteiger partial charge in [0.25, 0.3) is 0 Å². The van der Waals surface area contributed by atoms with Gasteiger partial charge in [0.1, 0.15) is 5.75 Å². The molecular formula is C54H55NO4. The first-order valence-electron chi connectivity index (χ1n) is 21.3. The van der Waals surface area contributed by atoms with Gasteiger partial charge in [0.05, 0.1) is 26.4 Å². The van der Waals surface area contributed by atoms with Gasteiger partial charge in [-0.25, -0.2) is 0 Å². The Bertz CT molecular complexity index is 2610. The normalized spacial score (nSPS) is 23.1. The molecular weight excluding hydrogens is 727 g/mol. The van der Waals surface area contributed by atoms with E-state index in [9.17, 15) is 0 Å². The van der Waals surface area contributed by atoms with E-state index in [1.54, 1.807) is 14.2 Å². The Morgan fingerprint density at radius 1 is 0.627 bits per heavy atom. The van der Waals surface area contributed by atoms with Gasteiger partial charge >= 0.3 is 0 Å². The Labute approximate surface area is 349 Å². The molecule has 2 aliphatic heterocycles. The van der Waals surface area contributed by atoms with Crippen LogP contribution in [0.15, 0.2) is 121 Å². The topological polar surface area (TPSA) is 40.2 Å². The third kappa shape index (κ3) is 5.60. The van der Waals surface area contributed by atoms with Crippen LogP contribution in [0.5, 0.6) is 17.2 Å². The Balaban J connectivity index is 1.30. The van der Waals surface area contributed by atoms with Crippen LogP contribution >= 0.6 is 0 Å². The van der Waals surface area contributed by atoms with Crippen LogP contribution in [0.2, 0.25) is 0 Å². The number of hydrogen-bond acceptors (Lipinski definition) is 5. The second-order valence-electron chi connectivity index (χ2n) is 18.8. The van der Waals surface area contributed by atoms with Crippen LogP contribution in [0.3, 0.4) is 0 Å². The average Bonchev–Trinajstić information content (AvgIpc) is 3.38. The molecule has 59 heavy (non-hydrogen) atoms. The molecule has 6 aromatic rings. The first kappa shape index (κ1) is 37.7. The van der Waals surface area contributed by atoms with Crippen molar-refractivity contribution in [3.05, 3.63) is 149 Å². The van der Waals surface area contributed by atoms with E-state index in [1.165, 1.54) is 39.1 Å². The van der Waals surface area contributed by atoms with Crippen molar-refractivity contribution in [1.29, 1.82) is 0 Å². The smallest absolute Gasteiger partial charge is 0.178 e. The molecule has 0 amide bonds. The molecule has 5 heteroatoms. The van der Waals surface area contributed by atoms with Crippen LogP contribution in [-0.2, 0) is 15.8 Å². The zero-order chi connectivity index (χ0) is 40.9. The molecule has 3 unspecified atom stereocenters. The van der Waals surface area contributed by atoms with Crippen LogP contribution in [0, 0.1) is 10.8 Å². The summed E-state index contributed by atoms with van der Waals surface area (Å²) >= 11 is 0. The molecule has 0 radical (unpaired) electrons. The summed E-state index contributed by atoms with van der Waals surface area (Å²) in [6.45, 7) is 15.9. The van der Waals surface area contributed by atoms with Crippen LogP contribution < -0.4 is 19.1 Å². The van der Waals surface area contributed by atoms with Gasteiger partial charge in [-0.1, -0.05) is 125 Å². The van der Waals surface area contributed by atoms with Crippen LogP contribution in [0.1, 0.15) is 82.2 Å². The number of methoxy groups -OCH3 is 2. The van der Waals surface area contributed by atoms with E-state index in [1.807, 2.05) is 0 Å². The van der Waals surface area contributed by atoms with Crippen molar-refractivity contribution in [3.63, 3.8) is 0 Å². The predicted octanol–water partition coefficient (Wildman–Crippen LogP) is 12.6. The van der Waals surface area contributed by atoms with E-state index in [-0.39, 0.29) is 28.5 Å². The van der Waals surface area contributed by atoms with Crippen molar-refractivity contribution in [2.75, 3.05) is 32.2 Å². The first-order chi connectivity index (χ1) is 28.4. The number of hydrogen-bond donors (Lipinski definition) is 0. The highest BCUT2D eigenvalue weighted by molar-refractivity contribution is 6.10. The molecule has 5 nitrogen and oxygen atoms in total. The van der Waals surface area contributed by atoms with Gasteiger partial charge in [-0.15, -0.1) is 0 Å². The Hall–Kier alpha value is -5.52. The second kappa shape index (κ2) is 13.5. The summed E-state index contributed by atoms with van der Waals surface area (Å²) in [7, 11) is 3.45. The van der Waals surface area contributed by atoms with E-state index in [2.05, 4.69) is 174 Å². The van der Waals surface area contributed by atoms with Gasteiger partial charge in [0.15, 0.2) is 17.1 Å². The summed E-state index contributed by atoms with van der Waals surface area (Å²) in [6, 6.07) is 42.2. The molecule has 1 saturated carbocycles. The minimum absolute atomic E-state index is 0.0399. The SMILES string of the molecule is COc1cc2c3c(c4c(c2cc1OC)-c1ccccc1-c1ccccc1C41CC(C)(C)C(C)(C)C1)C=CC(c1ccccc1)(c1ccc(N2CC(C)OC(C)C2)cc1)O3. The van der Waals surface area contributed by atoms with Crippen LogP contribution in [0.25, 0.3) is 39.1 Å². The largest absolute Gasteiger partial charge is 0.493 e. The summed E-state index contributed by atoms with van der Waals surface area (Å²) < 4.78 is 26.1. The molecule has 300 valence electrons. The number of rotatable bonds is 5. The molecule has 0 N–H and O–H groups in total. The van der Waals surface area contributed by atoms with E-state index in [0.29, 0.717) is 11.5 Å². The molecule has 2 fully saturated rings. The fourth-order valence-electron chi connectivity index (χ4n) is 11.3. The van der Waals surface area contributed by atoms with Gasteiger partial charge in [-0.3, -0.25) is 0 Å². The van der Waals surface area contributed by atoms with Gasteiger partial charge in [-0.2, -0.15) is 0 Å². The molecule has 1 spiro atoms. The quantitative estimate of drug-likeness (QED) is 0.174. The maximum Gasteiger partial charge on any atom is 0.178 e. The molecule has 3 atom stereocenters. The maximum absolute atomic E-state index is 7.87. The standard InChI is InChI=1S/C54H55NO4/c1-34-30-55(31-35(2)58-34)38-24-22-37(23-25-38)54(36-16-10-9-11-17-36)27-26-42-49-48(43-28-46(56-7)47(57-8)29-44(43)50(42)59-54)41-20-13-12-18-39(41)40-19-14-15-21-45(40)53(49)32-51(3,4)52(5,6)33-53/h9-29,34-35H,30-33H2,1-8H3. The van der Waals surface area contributed by atoms with Crippen molar-refractivity contribution in [2.24, 2.45) is 10.8 Å². The predicted molar refractivity (Wildman–Crippen MR) is 241 cm³/mol. The molecule has 6 aromatic carbocycles. The highest BCUT2D eigenvalue weighted by atomic mass is 16.5. The van der Waals surface area contributed by atoms with Gasteiger partial charge in [0, 0.05) is 46.3 Å². The monoisotopic (exact) mass is 781 g/mol. The number of benzene rings is 6. The summed E-state index contributed by atoms with van der Waals surface area (Å²) in [5.74, 6) is 2.24. The lowest BCUT2D eigenvalue weighted by atomic mass is 9.66. The Morgan fingerprint density at radius 2 is 1.19 bits per heavy atom. The van der Waals surface area contributed by atoms with Crippen LogP contribution in [0.4, 0.5) is 5.69 Å². The van der Waals surface area contributed by atoms with Crippen molar-refractivity contribution >= 4 is 22.5 Å².